The Balaban J connectivity index is 1.34. The van der Waals surface area contributed by atoms with Crippen LogP contribution >= 0.6 is 11.3 Å². The molecule has 3 aromatic carbocycles. The van der Waals surface area contributed by atoms with Crippen molar-refractivity contribution in [2.45, 2.75) is 38.5 Å². The lowest BCUT2D eigenvalue weighted by molar-refractivity contribution is -0.136. The maximum Gasteiger partial charge on any atom is 0.307 e. The molecule has 0 bridgehead atoms. The molecule has 1 saturated carbocycles. The first-order valence-corrected chi connectivity index (χ1v) is 14.4. The fourth-order valence-electron chi connectivity index (χ4n) is 4.98. The molecule has 0 saturated heterocycles. The van der Waals surface area contributed by atoms with Crippen molar-refractivity contribution in [2.75, 3.05) is 18.9 Å². The average Bonchev–Trinajstić information content (AvgIpc) is 3.51. The first kappa shape index (κ1) is 27.4. The molecule has 8 heteroatoms. The Bertz CT molecular complexity index is 1450. The van der Waals surface area contributed by atoms with Crippen molar-refractivity contribution in [1.29, 1.82) is 0 Å². The van der Waals surface area contributed by atoms with Crippen molar-refractivity contribution in [3.63, 3.8) is 0 Å². The van der Waals surface area contributed by atoms with Crippen LogP contribution in [0.3, 0.4) is 0 Å². The van der Waals surface area contributed by atoms with Crippen LogP contribution in [-0.2, 0) is 11.2 Å². The van der Waals surface area contributed by atoms with Gasteiger partial charge in [-0.25, -0.2) is 0 Å². The third-order valence-electron chi connectivity index (χ3n) is 7.24. The summed E-state index contributed by atoms with van der Waals surface area (Å²) in [6.45, 7) is 1.02. The first-order chi connectivity index (χ1) is 19.5. The Morgan fingerprint density at radius 1 is 0.875 bits per heavy atom. The molecule has 1 aromatic heterocycles. The van der Waals surface area contributed by atoms with Gasteiger partial charge < -0.3 is 20.3 Å². The molecular weight excluding hydrogens is 522 g/mol. The summed E-state index contributed by atoms with van der Waals surface area (Å²) in [5.74, 6) is 0.553. The summed E-state index contributed by atoms with van der Waals surface area (Å²) >= 11 is 1.67. The van der Waals surface area contributed by atoms with Crippen molar-refractivity contribution >= 4 is 34.4 Å². The smallest absolute Gasteiger partial charge is 0.307 e. The summed E-state index contributed by atoms with van der Waals surface area (Å²) in [5, 5.41) is 20.1. The number of ether oxygens (including phenoxy) is 2. The molecule has 0 radical (unpaired) electrons. The summed E-state index contributed by atoms with van der Waals surface area (Å²) in [5.41, 5.74) is 9.59. The normalized spacial score (nSPS) is 14.7. The molecule has 1 aliphatic rings. The highest BCUT2D eigenvalue weighted by Crippen LogP contribution is 2.40. The number of para-hydroxylation sites is 1. The molecule has 4 aromatic rings. The highest BCUT2D eigenvalue weighted by atomic mass is 32.1. The van der Waals surface area contributed by atoms with E-state index in [-0.39, 0.29) is 11.8 Å². The van der Waals surface area contributed by atoms with E-state index in [9.17, 15) is 4.79 Å². The predicted molar refractivity (Wildman–Crippen MR) is 159 cm³/mol. The maximum atomic E-state index is 11.0. The molecule has 7 nitrogen and oxygen atoms in total. The second-order valence-corrected chi connectivity index (χ2v) is 11.2. The Labute approximate surface area is 238 Å². The lowest BCUT2D eigenvalue weighted by atomic mass is 9.75. The maximum absolute atomic E-state index is 11.0. The summed E-state index contributed by atoms with van der Waals surface area (Å²) in [7, 11) is 0. The monoisotopic (exact) mass is 555 g/mol. The number of aliphatic carboxylic acids is 1. The minimum absolute atomic E-state index is 0.000130. The van der Waals surface area contributed by atoms with Gasteiger partial charge in [0.1, 0.15) is 22.9 Å². The lowest BCUT2D eigenvalue weighted by Gasteiger charge is -2.36. The van der Waals surface area contributed by atoms with Crippen molar-refractivity contribution < 1.29 is 19.4 Å². The zero-order valence-corrected chi connectivity index (χ0v) is 23.1. The summed E-state index contributed by atoms with van der Waals surface area (Å²) < 4.78 is 12.7. The molecule has 0 atom stereocenters. The van der Waals surface area contributed by atoms with E-state index in [4.69, 9.17) is 20.3 Å². The van der Waals surface area contributed by atoms with E-state index in [1.165, 1.54) is 6.42 Å². The molecule has 5 rings (SSSR count). The molecule has 1 aliphatic carbocycles. The fraction of sp³-hybridized carbons (Fsp3) is 0.281. The number of thiophene rings is 1. The van der Waals surface area contributed by atoms with Crippen molar-refractivity contribution in [3.8, 4) is 21.9 Å². The Morgan fingerprint density at radius 2 is 1.62 bits per heavy atom. The summed E-state index contributed by atoms with van der Waals surface area (Å²) in [6, 6.07) is 24.8. The van der Waals surface area contributed by atoms with Gasteiger partial charge in [-0.2, -0.15) is 0 Å². The molecule has 40 heavy (non-hydrogen) atoms. The number of azo groups is 1. The Kier molecular flexibility index (Phi) is 8.76. The van der Waals surface area contributed by atoms with Gasteiger partial charge in [0.05, 0.1) is 25.3 Å². The second-order valence-electron chi connectivity index (χ2n) is 10.3. The summed E-state index contributed by atoms with van der Waals surface area (Å²) in [4.78, 5) is 12.1. The van der Waals surface area contributed by atoms with Crippen LogP contribution in [0.5, 0.6) is 11.5 Å². The van der Waals surface area contributed by atoms with Crippen molar-refractivity contribution in [1.82, 2.24) is 0 Å². The van der Waals surface area contributed by atoms with E-state index in [1.807, 2.05) is 48.5 Å². The van der Waals surface area contributed by atoms with Crippen LogP contribution in [0.2, 0.25) is 0 Å². The van der Waals surface area contributed by atoms with Crippen LogP contribution in [0.15, 0.2) is 94.5 Å². The number of nitrogens with zero attached hydrogens (tertiary/aromatic N) is 2. The van der Waals surface area contributed by atoms with Crippen molar-refractivity contribution in [3.05, 3.63) is 89.8 Å². The van der Waals surface area contributed by atoms with E-state index in [0.29, 0.717) is 36.0 Å². The molecule has 0 amide bonds. The van der Waals surface area contributed by atoms with Gasteiger partial charge in [0.15, 0.2) is 0 Å². The third-order valence-corrected chi connectivity index (χ3v) is 8.16. The van der Waals surface area contributed by atoms with Crippen molar-refractivity contribution in [2.24, 2.45) is 15.6 Å². The number of nitrogens with two attached hydrogens (primary N) is 1. The highest BCUT2D eigenvalue weighted by Gasteiger charge is 2.34. The van der Waals surface area contributed by atoms with Gasteiger partial charge in [-0.05, 0) is 77.9 Å². The van der Waals surface area contributed by atoms with Crippen LogP contribution < -0.4 is 15.2 Å². The van der Waals surface area contributed by atoms with Crippen LogP contribution in [0.1, 0.15) is 37.7 Å². The molecular formula is C32H33N3O4S. The SMILES string of the molecule is Nc1ccccc1N=Nc1cc(-c2cccs2)ccc1OCC1(COc2ccc(CC(=O)O)cc2)CCCCC1. The number of hydrogen-bond donors (Lipinski definition) is 2. The van der Waals surface area contributed by atoms with Gasteiger partial charge in [-0.15, -0.1) is 21.6 Å². The first-order valence-electron chi connectivity index (χ1n) is 13.5. The molecule has 1 heterocycles. The Morgan fingerprint density at radius 3 is 2.35 bits per heavy atom. The molecule has 3 N–H and O–H groups in total. The summed E-state index contributed by atoms with van der Waals surface area (Å²) in [6.07, 6.45) is 5.48. The minimum Gasteiger partial charge on any atom is -0.493 e. The van der Waals surface area contributed by atoms with Gasteiger partial charge in [0.2, 0.25) is 0 Å². The van der Waals surface area contributed by atoms with E-state index >= 15 is 0 Å². The number of carboxylic acid groups (broad SMARTS) is 1. The number of carbonyl (C=O) groups is 1. The standard InChI is InChI=1S/C32H33N3O4S/c33-26-7-2-3-8-27(26)34-35-28-20-24(30-9-6-18-40-30)12-15-29(28)39-22-32(16-4-1-5-17-32)21-38-25-13-10-23(11-14-25)19-31(36)37/h2-3,6-15,18,20H,1,4-5,16-17,19,21-22,33H2,(H,36,37). The number of nitrogen functional groups attached to an aromatic ring is 1. The molecule has 0 aliphatic heterocycles. The minimum atomic E-state index is -0.846. The number of hydrogen-bond acceptors (Lipinski definition) is 7. The topological polar surface area (TPSA) is 107 Å². The van der Waals surface area contributed by atoms with Gasteiger partial charge in [0, 0.05) is 10.3 Å². The van der Waals surface area contributed by atoms with Gasteiger partial charge in [0.25, 0.3) is 0 Å². The third kappa shape index (κ3) is 7.07. The zero-order valence-electron chi connectivity index (χ0n) is 22.3. The predicted octanol–water partition coefficient (Wildman–Crippen LogP) is 8.45. The number of anilines is 1. The van der Waals surface area contributed by atoms with Gasteiger partial charge in [-0.3, -0.25) is 4.79 Å². The Hall–Kier alpha value is -4.17. The van der Waals surface area contributed by atoms with E-state index in [2.05, 4.69) is 27.7 Å². The van der Waals surface area contributed by atoms with Gasteiger partial charge >= 0.3 is 5.97 Å². The second kappa shape index (κ2) is 12.8. The molecule has 206 valence electrons. The van der Waals surface area contributed by atoms with Crippen LogP contribution in [-0.4, -0.2) is 24.3 Å². The van der Waals surface area contributed by atoms with Gasteiger partial charge in [-0.1, -0.05) is 49.6 Å². The number of carboxylic acids is 1. The quantitative estimate of drug-likeness (QED) is 0.143. The lowest BCUT2D eigenvalue weighted by Crippen LogP contribution is -2.37. The van der Waals surface area contributed by atoms with Crippen LogP contribution in [0.25, 0.3) is 10.4 Å². The number of rotatable bonds is 11. The van der Waals surface area contributed by atoms with E-state index in [1.54, 1.807) is 29.5 Å². The zero-order chi connectivity index (χ0) is 27.8. The van der Waals surface area contributed by atoms with Crippen LogP contribution in [0, 0.1) is 5.41 Å². The number of benzene rings is 3. The molecule has 0 unspecified atom stereocenters. The molecule has 0 spiro atoms. The average molecular weight is 556 g/mol. The van der Waals surface area contributed by atoms with E-state index < -0.39 is 5.97 Å². The highest BCUT2D eigenvalue weighted by molar-refractivity contribution is 7.13. The molecule has 1 fully saturated rings. The fourth-order valence-corrected chi connectivity index (χ4v) is 5.70. The largest absolute Gasteiger partial charge is 0.493 e. The van der Waals surface area contributed by atoms with Crippen LogP contribution in [0.4, 0.5) is 17.1 Å². The van der Waals surface area contributed by atoms with E-state index in [0.717, 1.165) is 47.4 Å².